The highest BCUT2D eigenvalue weighted by atomic mass is 35.5. The summed E-state index contributed by atoms with van der Waals surface area (Å²) in [6.07, 6.45) is 2.39. The molecule has 4 rings (SSSR count). The van der Waals surface area contributed by atoms with Crippen molar-refractivity contribution in [2.24, 2.45) is 0 Å². The van der Waals surface area contributed by atoms with Crippen LogP contribution >= 0.6 is 11.6 Å². The largest absolute Gasteiger partial charge is 0.496 e. The van der Waals surface area contributed by atoms with Gasteiger partial charge in [-0.2, -0.15) is 0 Å². The number of hydrogen-bond acceptors (Lipinski definition) is 2. The average Bonchev–Trinajstić information content (AvgIpc) is 3.11. The fraction of sp³-hybridized carbons (Fsp3) is 0.160. The van der Waals surface area contributed by atoms with Crippen LogP contribution < -0.4 is 10.1 Å². The molecule has 0 saturated heterocycles. The lowest BCUT2D eigenvalue weighted by molar-refractivity contribution is -0.120. The molecule has 4 nitrogen and oxygen atoms in total. The van der Waals surface area contributed by atoms with Gasteiger partial charge < -0.3 is 14.6 Å². The number of hydrogen-bond donors (Lipinski definition) is 1. The number of nitrogens with zero attached hydrogens (tertiary/aromatic N) is 1. The van der Waals surface area contributed by atoms with Crippen LogP contribution in [0.25, 0.3) is 10.9 Å². The summed E-state index contributed by atoms with van der Waals surface area (Å²) in [5, 5.41) is 4.83. The Balaban J connectivity index is 1.51. The van der Waals surface area contributed by atoms with Crippen LogP contribution in [0.5, 0.6) is 5.75 Å². The number of fused-ring (bicyclic) bond motifs is 1. The van der Waals surface area contributed by atoms with Crippen molar-refractivity contribution in [1.82, 2.24) is 9.88 Å². The van der Waals surface area contributed by atoms with E-state index in [1.54, 1.807) is 7.11 Å². The molecule has 152 valence electrons. The third-order valence-electron chi connectivity index (χ3n) is 5.16. The Hall–Kier alpha value is -3.24. The fourth-order valence-corrected chi connectivity index (χ4v) is 3.79. The van der Waals surface area contributed by atoms with Crippen molar-refractivity contribution >= 4 is 28.4 Å². The van der Waals surface area contributed by atoms with Gasteiger partial charge in [0, 0.05) is 40.8 Å². The molecule has 0 spiro atoms. The Labute approximate surface area is 181 Å². The molecule has 0 aliphatic heterocycles. The Morgan fingerprint density at radius 2 is 1.70 bits per heavy atom. The molecule has 0 bridgehead atoms. The van der Waals surface area contributed by atoms with E-state index in [4.69, 9.17) is 16.3 Å². The van der Waals surface area contributed by atoms with E-state index >= 15 is 0 Å². The van der Waals surface area contributed by atoms with Crippen LogP contribution in [0.1, 0.15) is 16.7 Å². The maximum absolute atomic E-state index is 12.7. The summed E-state index contributed by atoms with van der Waals surface area (Å²) >= 11 is 6.01. The van der Waals surface area contributed by atoms with Gasteiger partial charge in [0.05, 0.1) is 13.5 Å². The molecular weight excluding hydrogens is 396 g/mol. The lowest BCUT2D eigenvalue weighted by Gasteiger charge is -2.09. The summed E-state index contributed by atoms with van der Waals surface area (Å²) in [4.78, 5) is 12.7. The molecule has 1 aromatic heterocycles. The quantitative estimate of drug-likeness (QED) is 0.447. The number of nitrogens with one attached hydrogen (secondary N) is 1. The van der Waals surface area contributed by atoms with Gasteiger partial charge in [-0.25, -0.2) is 0 Å². The predicted molar refractivity (Wildman–Crippen MR) is 121 cm³/mol. The summed E-state index contributed by atoms with van der Waals surface area (Å²) in [6.45, 7) is 1.16. The first-order valence-corrected chi connectivity index (χ1v) is 10.2. The van der Waals surface area contributed by atoms with Crippen LogP contribution in [0.3, 0.4) is 0 Å². The molecule has 0 radical (unpaired) electrons. The number of halogens is 1. The van der Waals surface area contributed by atoms with Gasteiger partial charge in [-0.05, 0) is 35.4 Å². The van der Waals surface area contributed by atoms with Crippen molar-refractivity contribution in [1.29, 1.82) is 0 Å². The van der Waals surface area contributed by atoms with Gasteiger partial charge in [0.25, 0.3) is 0 Å². The SMILES string of the molecule is COc1ccccc1CNC(=O)Cc1cn(Cc2ccc(Cl)cc2)c2ccccc12. The number of methoxy groups -OCH3 is 1. The van der Waals surface area contributed by atoms with Crippen molar-refractivity contribution in [2.75, 3.05) is 7.11 Å². The zero-order chi connectivity index (χ0) is 20.9. The average molecular weight is 419 g/mol. The van der Waals surface area contributed by atoms with E-state index in [-0.39, 0.29) is 5.91 Å². The minimum Gasteiger partial charge on any atom is -0.496 e. The zero-order valence-corrected chi connectivity index (χ0v) is 17.5. The number of carbonyl (C=O) groups excluding carboxylic acids is 1. The molecule has 0 unspecified atom stereocenters. The minimum absolute atomic E-state index is 0.0182. The highest BCUT2D eigenvalue weighted by Gasteiger charge is 2.13. The summed E-state index contributed by atoms with van der Waals surface area (Å²) in [5.74, 6) is 0.757. The molecule has 3 aromatic carbocycles. The van der Waals surface area contributed by atoms with E-state index in [0.717, 1.165) is 44.9 Å². The Kier molecular flexibility index (Phi) is 6.05. The van der Waals surface area contributed by atoms with Crippen LogP contribution in [0.2, 0.25) is 5.02 Å². The first-order valence-electron chi connectivity index (χ1n) is 9.84. The van der Waals surface area contributed by atoms with Gasteiger partial charge in [0.2, 0.25) is 5.91 Å². The van der Waals surface area contributed by atoms with Crippen LogP contribution in [-0.4, -0.2) is 17.6 Å². The second-order valence-corrected chi connectivity index (χ2v) is 7.63. The fourth-order valence-electron chi connectivity index (χ4n) is 3.66. The van der Waals surface area contributed by atoms with Crippen LogP contribution in [-0.2, 0) is 24.3 Å². The highest BCUT2D eigenvalue weighted by Crippen LogP contribution is 2.24. The second kappa shape index (κ2) is 9.06. The third kappa shape index (κ3) is 4.50. The molecule has 4 aromatic rings. The van der Waals surface area contributed by atoms with E-state index in [1.165, 1.54) is 0 Å². The number of benzene rings is 3. The maximum atomic E-state index is 12.7. The van der Waals surface area contributed by atoms with E-state index in [9.17, 15) is 4.79 Å². The minimum atomic E-state index is -0.0182. The smallest absolute Gasteiger partial charge is 0.224 e. The predicted octanol–water partition coefficient (Wildman–Crippen LogP) is 5.21. The summed E-state index contributed by atoms with van der Waals surface area (Å²) in [7, 11) is 1.64. The van der Waals surface area contributed by atoms with Crippen molar-refractivity contribution in [3.05, 3.63) is 101 Å². The van der Waals surface area contributed by atoms with Crippen molar-refractivity contribution in [2.45, 2.75) is 19.5 Å². The first-order chi connectivity index (χ1) is 14.6. The summed E-state index contributed by atoms with van der Waals surface area (Å²) < 4.78 is 7.54. The zero-order valence-electron chi connectivity index (χ0n) is 16.8. The van der Waals surface area contributed by atoms with E-state index in [0.29, 0.717) is 13.0 Å². The van der Waals surface area contributed by atoms with Gasteiger partial charge in [0.15, 0.2) is 0 Å². The van der Waals surface area contributed by atoms with E-state index < -0.39 is 0 Å². The van der Waals surface area contributed by atoms with Gasteiger partial charge in [-0.3, -0.25) is 4.79 Å². The number of carbonyl (C=O) groups is 1. The van der Waals surface area contributed by atoms with Crippen LogP contribution in [0.4, 0.5) is 0 Å². The molecule has 30 heavy (non-hydrogen) atoms. The number of aromatic nitrogens is 1. The lowest BCUT2D eigenvalue weighted by Crippen LogP contribution is -2.24. The van der Waals surface area contributed by atoms with Gasteiger partial charge in [-0.1, -0.05) is 60.1 Å². The molecule has 1 N–H and O–H groups in total. The second-order valence-electron chi connectivity index (χ2n) is 7.19. The van der Waals surface area contributed by atoms with Crippen LogP contribution in [0.15, 0.2) is 79.0 Å². The molecule has 0 aliphatic carbocycles. The number of para-hydroxylation sites is 2. The third-order valence-corrected chi connectivity index (χ3v) is 5.41. The van der Waals surface area contributed by atoms with Crippen LogP contribution in [0, 0.1) is 0 Å². The molecule has 0 atom stereocenters. The number of ether oxygens (including phenoxy) is 1. The van der Waals surface area contributed by atoms with Crippen molar-refractivity contribution in [3.63, 3.8) is 0 Å². The Bertz CT molecular complexity index is 1170. The molecule has 1 heterocycles. The molecule has 0 fully saturated rings. The summed E-state index contributed by atoms with van der Waals surface area (Å²) in [6, 6.07) is 23.7. The molecule has 0 aliphatic rings. The van der Waals surface area contributed by atoms with Gasteiger partial charge in [0.1, 0.15) is 5.75 Å². The summed E-state index contributed by atoms with van der Waals surface area (Å²) in [5.41, 5.74) is 4.24. The maximum Gasteiger partial charge on any atom is 0.224 e. The first kappa shape index (κ1) is 20.0. The number of amides is 1. The van der Waals surface area contributed by atoms with Crippen molar-refractivity contribution < 1.29 is 9.53 Å². The molecule has 5 heteroatoms. The molecule has 1 amide bonds. The van der Waals surface area contributed by atoms with Crippen molar-refractivity contribution in [3.8, 4) is 5.75 Å². The monoisotopic (exact) mass is 418 g/mol. The topological polar surface area (TPSA) is 43.3 Å². The van der Waals surface area contributed by atoms with Gasteiger partial charge in [-0.15, -0.1) is 0 Å². The normalized spacial score (nSPS) is 10.9. The standard InChI is InChI=1S/C25H23ClN2O2/c1-30-24-9-5-2-6-19(24)15-27-25(29)14-20-17-28(23-8-4-3-7-22(20)23)16-18-10-12-21(26)13-11-18/h2-13,17H,14-16H2,1H3,(H,27,29). The Morgan fingerprint density at radius 3 is 2.50 bits per heavy atom. The van der Waals surface area contributed by atoms with Gasteiger partial charge >= 0.3 is 0 Å². The van der Waals surface area contributed by atoms with E-state index in [2.05, 4.69) is 28.2 Å². The molecular formula is C25H23ClN2O2. The van der Waals surface area contributed by atoms with E-state index in [1.807, 2.05) is 60.7 Å². The Morgan fingerprint density at radius 1 is 0.967 bits per heavy atom. The molecule has 0 saturated carbocycles. The highest BCUT2D eigenvalue weighted by molar-refractivity contribution is 6.30. The lowest BCUT2D eigenvalue weighted by atomic mass is 10.1. The number of rotatable bonds is 7.